The fourth-order valence-corrected chi connectivity index (χ4v) is 2.30. The molecule has 0 aliphatic rings. The maximum atomic E-state index is 11.2. The van der Waals surface area contributed by atoms with E-state index in [-0.39, 0.29) is 5.41 Å². The minimum atomic E-state index is 0.118. The molecule has 2 rings (SSSR count). The van der Waals surface area contributed by atoms with Gasteiger partial charge in [-0.05, 0) is 17.4 Å². The van der Waals surface area contributed by atoms with Crippen LogP contribution < -0.4 is 0 Å². The van der Waals surface area contributed by atoms with Gasteiger partial charge >= 0.3 is 0 Å². The number of aromatic nitrogens is 3. The van der Waals surface area contributed by atoms with Crippen molar-refractivity contribution in [2.75, 3.05) is 0 Å². The van der Waals surface area contributed by atoms with Gasteiger partial charge in [0.05, 0.1) is 5.69 Å². The summed E-state index contributed by atoms with van der Waals surface area (Å²) in [4.78, 5) is 11.2. The third kappa shape index (κ3) is 3.38. The van der Waals surface area contributed by atoms with Crippen LogP contribution in [0, 0.1) is 0 Å². The van der Waals surface area contributed by atoms with Gasteiger partial charge in [0.2, 0.25) is 0 Å². The first kappa shape index (κ1) is 15.4. The Morgan fingerprint density at radius 1 is 1.19 bits per heavy atom. The maximum Gasteiger partial charge on any atom is 0.172 e. The standard InChI is InChI=1S/C17H23N3O/c1-5-6-11-20-16(15(12-21)18-19-20)13-7-9-14(10-8-13)17(2,3)4/h7-10,12H,5-6,11H2,1-4H3. The fraction of sp³-hybridized carbons (Fsp3) is 0.471. The van der Waals surface area contributed by atoms with Gasteiger partial charge in [0.1, 0.15) is 0 Å². The quantitative estimate of drug-likeness (QED) is 0.784. The number of rotatable bonds is 5. The number of hydrogen-bond donors (Lipinski definition) is 0. The van der Waals surface area contributed by atoms with E-state index in [0.29, 0.717) is 5.69 Å². The molecular formula is C17H23N3O. The van der Waals surface area contributed by atoms with E-state index in [1.165, 1.54) is 5.56 Å². The number of nitrogens with zero attached hydrogens (tertiary/aromatic N) is 3. The SMILES string of the molecule is CCCCn1nnc(C=O)c1-c1ccc(C(C)(C)C)cc1. The molecule has 2 aromatic rings. The Morgan fingerprint density at radius 3 is 2.38 bits per heavy atom. The van der Waals surface area contributed by atoms with Crippen LogP contribution in [0.15, 0.2) is 24.3 Å². The van der Waals surface area contributed by atoms with Crippen molar-refractivity contribution >= 4 is 6.29 Å². The molecule has 0 spiro atoms. The predicted molar refractivity (Wildman–Crippen MR) is 84.5 cm³/mol. The van der Waals surface area contributed by atoms with Gasteiger partial charge in [-0.15, -0.1) is 5.10 Å². The molecule has 0 unspecified atom stereocenters. The first-order chi connectivity index (χ1) is 9.97. The highest BCUT2D eigenvalue weighted by molar-refractivity contribution is 5.83. The predicted octanol–water partition coefficient (Wildman–Crippen LogP) is 3.86. The van der Waals surface area contributed by atoms with Crippen LogP contribution >= 0.6 is 0 Å². The highest BCUT2D eigenvalue weighted by atomic mass is 16.1. The second-order valence-corrected chi connectivity index (χ2v) is 6.35. The van der Waals surface area contributed by atoms with Crippen molar-refractivity contribution in [3.05, 3.63) is 35.5 Å². The number of carbonyl (C=O) groups excluding carboxylic acids is 1. The summed E-state index contributed by atoms with van der Waals surface area (Å²) in [6.07, 6.45) is 2.88. The van der Waals surface area contributed by atoms with Gasteiger partial charge in [-0.3, -0.25) is 4.79 Å². The van der Waals surface area contributed by atoms with Crippen molar-refractivity contribution in [1.82, 2.24) is 15.0 Å². The van der Waals surface area contributed by atoms with E-state index in [0.717, 1.165) is 36.9 Å². The fourth-order valence-electron chi connectivity index (χ4n) is 2.30. The van der Waals surface area contributed by atoms with Crippen LogP contribution in [0.4, 0.5) is 0 Å². The van der Waals surface area contributed by atoms with Crippen LogP contribution in [0.25, 0.3) is 11.3 Å². The Kier molecular flexibility index (Phi) is 4.56. The molecule has 0 amide bonds. The number of carbonyl (C=O) groups is 1. The smallest absolute Gasteiger partial charge is 0.172 e. The lowest BCUT2D eigenvalue weighted by Crippen LogP contribution is -2.10. The van der Waals surface area contributed by atoms with E-state index in [9.17, 15) is 4.79 Å². The third-order valence-corrected chi connectivity index (χ3v) is 3.62. The third-order valence-electron chi connectivity index (χ3n) is 3.62. The van der Waals surface area contributed by atoms with E-state index in [4.69, 9.17) is 0 Å². The van der Waals surface area contributed by atoms with Gasteiger partial charge in [0.25, 0.3) is 0 Å². The van der Waals surface area contributed by atoms with Crippen LogP contribution in [0.5, 0.6) is 0 Å². The van der Waals surface area contributed by atoms with E-state index in [2.05, 4.69) is 62.3 Å². The molecule has 4 nitrogen and oxygen atoms in total. The minimum absolute atomic E-state index is 0.118. The number of aryl methyl sites for hydroxylation is 1. The minimum Gasteiger partial charge on any atom is -0.296 e. The normalized spacial score (nSPS) is 11.6. The molecule has 1 aromatic carbocycles. The van der Waals surface area contributed by atoms with Gasteiger partial charge in [0.15, 0.2) is 12.0 Å². The summed E-state index contributed by atoms with van der Waals surface area (Å²) in [6.45, 7) is 9.48. The summed E-state index contributed by atoms with van der Waals surface area (Å²) < 4.78 is 1.83. The molecule has 0 saturated heterocycles. The first-order valence-corrected chi connectivity index (χ1v) is 7.47. The van der Waals surface area contributed by atoms with E-state index in [1.54, 1.807) is 0 Å². The first-order valence-electron chi connectivity index (χ1n) is 7.47. The number of hydrogen-bond acceptors (Lipinski definition) is 3. The molecule has 0 bridgehead atoms. The van der Waals surface area contributed by atoms with Crippen molar-refractivity contribution in [2.24, 2.45) is 0 Å². The van der Waals surface area contributed by atoms with Gasteiger partial charge in [-0.2, -0.15) is 0 Å². The lowest BCUT2D eigenvalue weighted by Gasteiger charge is -2.19. The average Bonchev–Trinajstić information content (AvgIpc) is 2.87. The Hall–Kier alpha value is -1.97. The Bertz CT molecular complexity index is 606. The molecule has 0 radical (unpaired) electrons. The van der Waals surface area contributed by atoms with Crippen molar-refractivity contribution in [3.8, 4) is 11.3 Å². The monoisotopic (exact) mass is 285 g/mol. The van der Waals surface area contributed by atoms with Crippen LogP contribution in [0.3, 0.4) is 0 Å². The molecule has 0 atom stereocenters. The zero-order valence-electron chi connectivity index (χ0n) is 13.3. The molecule has 4 heteroatoms. The Morgan fingerprint density at radius 2 is 1.86 bits per heavy atom. The van der Waals surface area contributed by atoms with Crippen LogP contribution in [0.1, 0.15) is 56.6 Å². The van der Waals surface area contributed by atoms with Gasteiger partial charge in [-0.25, -0.2) is 4.68 Å². The van der Waals surface area contributed by atoms with Crippen LogP contribution in [-0.2, 0) is 12.0 Å². The van der Waals surface area contributed by atoms with E-state index < -0.39 is 0 Å². The molecule has 112 valence electrons. The highest BCUT2D eigenvalue weighted by Crippen LogP contribution is 2.27. The second kappa shape index (κ2) is 6.20. The van der Waals surface area contributed by atoms with Crippen LogP contribution in [-0.4, -0.2) is 21.3 Å². The second-order valence-electron chi connectivity index (χ2n) is 6.35. The maximum absolute atomic E-state index is 11.2. The summed E-state index contributed by atoms with van der Waals surface area (Å²) in [5.74, 6) is 0. The molecular weight excluding hydrogens is 262 g/mol. The van der Waals surface area contributed by atoms with E-state index >= 15 is 0 Å². The molecule has 1 aromatic heterocycles. The molecule has 0 N–H and O–H groups in total. The molecule has 0 saturated carbocycles. The molecule has 1 heterocycles. The summed E-state index contributed by atoms with van der Waals surface area (Å²) in [6, 6.07) is 8.32. The zero-order valence-corrected chi connectivity index (χ0v) is 13.3. The van der Waals surface area contributed by atoms with Gasteiger partial charge in [0, 0.05) is 12.1 Å². The van der Waals surface area contributed by atoms with Crippen LogP contribution in [0.2, 0.25) is 0 Å². The number of benzene rings is 1. The highest BCUT2D eigenvalue weighted by Gasteiger charge is 2.17. The largest absolute Gasteiger partial charge is 0.296 e. The number of aldehydes is 1. The summed E-state index contributed by atoms with van der Waals surface area (Å²) >= 11 is 0. The van der Waals surface area contributed by atoms with Gasteiger partial charge in [-0.1, -0.05) is 63.6 Å². The summed E-state index contributed by atoms with van der Waals surface area (Å²) in [5.41, 5.74) is 3.61. The topological polar surface area (TPSA) is 47.8 Å². The Labute approximate surface area is 126 Å². The van der Waals surface area contributed by atoms with E-state index in [1.807, 2.05) is 4.68 Å². The molecule has 0 aliphatic heterocycles. The molecule has 0 aliphatic carbocycles. The lowest BCUT2D eigenvalue weighted by atomic mass is 9.86. The Balaban J connectivity index is 2.40. The number of unbranched alkanes of at least 4 members (excludes halogenated alkanes) is 1. The summed E-state index contributed by atoms with van der Waals surface area (Å²) in [5, 5.41) is 8.09. The molecule has 0 fully saturated rings. The van der Waals surface area contributed by atoms with Crippen molar-refractivity contribution in [2.45, 2.75) is 52.5 Å². The van der Waals surface area contributed by atoms with Crippen molar-refractivity contribution < 1.29 is 4.79 Å². The van der Waals surface area contributed by atoms with Crippen molar-refractivity contribution in [1.29, 1.82) is 0 Å². The molecule has 21 heavy (non-hydrogen) atoms. The van der Waals surface area contributed by atoms with Gasteiger partial charge < -0.3 is 0 Å². The zero-order chi connectivity index (χ0) is 15.5. The lowest BCUT2D eigenvalue weighted by molar-refractivity contribution is 0.111. The summed E-state index contributed by atoms with van der Waals surface area (Å²) in [7, 11) is 0. The average molecular weight is 285 g/mol. The van der Waals surface area contributed by atoms with Crippen molar-refractivity contribution in [3.63, 3.8) is 0 Å².